The van der Waals surface area contributed by atoms with E-state index in [1.807, 2.05) is 0 Å². The van der Waals surface area contributed by atoms with Crippen molar-refractivity contribution in [2.24, 2.45) is 11.7 Å². The second kappa shape index (κ2) is 5.19. The minimum absolute atomic E-state index is 0.145. The van der Waals surface area contributed by atoms with Gasteiger partial charge in [0.05, 0.1) is 11.3 Å². The second-order valence-electron chi connectivity index (χ2n) is 5.55. The van der Waals surface area contributed by atoms with Crippen molar-refractivity contribution in [3.05, 3.63) is 17.5 Å². The third kappa shape index (κ3) is 2.50. The Hall–Kier alpha value is -1.98. The van der Waals surface area contributed by atoms with Gasteiger partial charge in [-0.3, -0.25) is 9.59 Å². The van der Waals surface area contributed by atoms with Crippen molar-refractivity contribution in [3.8, 4) is 0 Å². The zero-order chi connectivity index (χ0) is 14.1. The van der Waals surface area contributed by atoms with E-state index in [2.05, 4.69) is 14.9 Å². The summed E-state index contributed by atoms with van der Waals surface area (Å²) in [6, 6.07) is 0. The molecule has 0 radical (unpaired) electrons. The fourth-order valence-electron chi connectivity index (χ4n) is 2.97. The molecule has 1 aliphatic heterocycles. The summed E-state index contributed by atoms with van der Waals surface area (Å²) < 4.78 is 0. The second-order valence-corrected chi connectivity index (χ2v) is 5.55. The SMILES string of the molecule is NC(=O)CC1CCN(c2ncc3c(n2)CCC3=O)CC1. The zero-order valence-corrected chi connectivity index (χ0v) is 11.3. The molecular formula is C14H18N4O2. The number of nitrogens with two attached hydrogens (primary N) is 1. The van der Waals surface area contributed by atoms with Gasteiger partial charge in [-0.1, -0.05) is 0 Å². The molecule has 0 spiro atoms. The molecule has 6 nitrogen and oxygen atoms in total. The summed E-state index contributed by atoms with van der Waals surface area (Å²) >= 11 is 0. The third-order valence-corrected chi connectivity index (χ3v) is 4.13. The number of aromatic nitrogens is 2. The predicted molar refractivity (Wildman–Crippen MR) is 73.4 cm³/mol. The number of amides is 1. The van der Waals surface area contributed by atoms with Crippen LogP contribution in [0.2, 0.25) is 0 Å². The topological polar surface area (TPSA) is 89.2 Å². The van der Waals surface area contributed by atoms with E-state index in [4.69, 9.17) is 5.73 Å². The van der Waals surface area contributed by atoms with Crippen LogP contribution >= 0.6 is 0 Å². The lowest BCUT2D eigenvalue weighted by Gasteiger charge is -2.31. The van der Waals surface area contributed by atoms with E-state index in [1.165, 1.54) is 0 Å². The molecule has 6 heteroatoms. The predicted octanol–water partition coefficient (Wildman–Crippen LogP) is 0.697. The first-order valence-electron chi connectivity index (χ1n) is 7.06. The van der Waals surface area contributed by atoms with Gasteiger partial charge in [0, 0.05) is 32.1 Å². The first kappa shape index (κ1) is 13.0. The maximum atomic E-state index is 11.6. The van der Waals surface area contributed by atoms with Crippen LogP contribution in [0.25, 0.3) is 0 Å². The summed E-state index contributed by atoms with van der Waals surface area (Å²) in [6.07, 6.45) is 5.26. The average molecular weight is 274 g/mol. The molecular weight excluding hydrogens is 256 g/mol. The third-order valence-electron chi connectivity index (χ3n) is 4.13. The van der Waals surface area contributed by atoms with Crippen molar-refractivity contribution in [1.29, 1.82) is 0 Å². The van der Waals surface area contributed by atoms with E-state index in [9.17, 15) is 9.59 Å². The fourth-order valence-corrected chi connectivity index (χ4v) is 2.97. The van der Waals surface area contributed by atoms with Gasteiger partial charge in [-0.25, -0.2) is 9.97 Å². The quantitative estimate of drug-likeness (QED) is 0.876. The van der Waals surface area contributed by atoms with Crippen LogP contribution in [0, 0.1) is 5.92 Å². The summed E-state index contributed by atoms with van der Waals surface area (Å²) in [5.41, 5.74) is 6.79. The highest BCUT2D eigenvalue weighted by molar-refractivity contribution is 5.99. The Morgan fingerprint density at radius 1 is 1.35 bits per heavy atom. The Kier molecular flexibility index (Phi) is 3.38. The monoisotopic (exact) mass is 274 g/mol. The van der Waals surface area contributed by atoms with Crippen LogP contribution in [0.1, 0.15) is 41.7 Å². The van der Waals surface area contributed by atoms with E-state index in [-0.39, 0.29) is 11.7 Å². The largest absolute Gasteiger partial charge is 0.370 e. The smallest absolute Gasteiger partial charge is 0.225 e. The highest BCUT2D eigenvalue weighted by Gasteiger charge is 2.25. The number of anilines is 1. The van der Waals surface area contributed by atoms with Crippen molar-refractivity contribution >= 4 is 17.6 Å². The molecule has 3 rings (SSSR count). The van der Waals surface area contributed by atoms with E-state index in [1.54, 1.807) is 6.20 Å². The number of nitrogens with zero attached hydrogens (tertiary/aromatic N) is 3. The molecule has 1 saturated heterocycles. The molecule has 106 valence electrons. The molecule has 0 saturated carbocycles. The molecule has 1 aliphatic carbocycles. The molecule has 2 heterocycles. The van der Waals surface area contributed by atoms with E-state index in [0.717, 1.165) is 38.0 Å². The maximum Gasteiger partial charge on any atom is 0.225 e. The van der Waals surface area contributed by atoms with Crippen molar-refractivity contribution in [3.63, 3.8) is 0 Å². The molecule has 2 N–H and O–H groups in total. The molecule has 0 aromatic carbocycles. The number of rotatable bonds is 3. The Morgan fingerprint density at radius 2 is 2.10 bits per heavy atom. The van der Waals surface area contributed by atoms with Crippen molar-refractivity contribution in [2.75, 3.05) is 18.0 Å². The van der Waals surface area contributed by atoms with Crippen LogP contribution in [0.4, 0.5) is 5.95 Å². The molecule has 20 heavy (non-hydrogen) atoms. The van der Waals surface area contributed by atoms with Gasteiger partial charge in [0.15, 0.2) is 5.78 Å². The van der Waals surface area contributed by atoms with Gasteiger partial charge >= 0.3 is 0 Å². The van der Waals surface area contributed by atoms with E-state index in [0.29, 0.717) is 30.3 Å². The molecule has 1 aromatic rings. The lowest BCUT2D eigenvalue weighted by atomic mass is 9.93. The lowest BCUT2D eigenvalue weighted by Crippen LogP contribution is -2.36. The average Bonchev–Trinajstić information content (AvgIpc) is 2.80. The summed E-state index contributed by atoms with van der Waals surface area (Å²) in [7, 11) is 0. The zero-order valence-electron chi connectivity index (χ0n) is 11.3. The highest BCUT2D eigenvalue weighted by Crippen LogP contribution is 2.25. The summed E-state index contributed by atoms with van der Waals surface area (Å²) in [6.45, 7) is 1.68. The van der Waals surface area contributed by atoms with Crippen LogP contribution in [0.5, 0.6) is 0 Å². The minimum Gasteiger partial charge on any atom is -0.370 e. The number of primary amides is 1. The van der Waals surface area contributed by atoms with Crippen molar-refractivity contribution in [1.82, 2.24) is 9.97 Å². The molecule has 0 unspecified atom stereocenters. The van der Waals surface area contributed by atoms with Crippen LogP contribution in [-0.4, -0.2) is 34.7 Å². The van der Waals surface area contributed by atoms with Crippen LogP contribution in [0.3, 0.4) is 0 Å². The molecule has 1 aromatic heterocycles. The van der Waals surface area contributed by atoms with Crippen molar-refractivity contribution in [2.45, 2.75) is 32.1 Å². The van der Waals surface area contributed by atoms with E-state index < -0.39 is 0 Å². The van der Waals surface area contributed by atoms with Gasteiger partial charge in [0.25, 0.3) is 0 Å². The van der Waals surface area contributed by atoms with E-state index >= 15 is 0 Å². The molecule has 0 bridgehead atoms. The van der Waals surface area contributed by atoms with Gasteiger partial charge in [0.2, 0.25) is 11.9 Å². The number of aryl methyl sites for hydroxylation is 1. The number of ketones is 1. The molecule has 2 aliphatic rings. The normalized spacial score (nSPS) is 19.2. The first-order valence-corrected chi connectivity index (χ1v) is 7.06. The highest BCUT2D eigenvalue weighted by atomic mass is 16.1. The molecule has 1 amide bonds. The van der Waals surface area contributed by atoms with Crippen LogP contribution in [-0.2, 0) is 11.2 Å². The molecule has 0 atom stereocenters. The number of fused-ring (bicyclic) bond motifs is 1. The standard InChI is InChI=1S/C14H18N4O2/c15-13(20)7-9-3-5-18(6-4-9)14-16-8-10-11(17-14)1-2-12(10)19/h8-9H,1-7H2,(H2,15,20). The van der Waals surface area contributed by atoms with Gasteiger partial charge in [-0.05, 0) is 25.2 Å². The summed E-state index contributed by atoms with van der Waals surface area (Å²) in [5.74, 6) is 0.998. The Labute approximate surface area is 117 Å². The number of Topliss-reactive ketones (excluding diaryl/α,β-unsaturated/α-hetero) is 1. The number of carbonyl (C=O) groups is 2. The van der Waals surface area contributed by atoms with Crippen LogP contribution < -0.4 is 10.6 Å². The summed E-state index contributed by atoms with van der Waals surface area (Å²) in [5, 5.41) is 0. The van der Waals surface area contributed by atoms with Gasteiger partial charge in [-0.2, -0.15) is 0 Å². The fraction of sp³-hybridized carbons (Fsp3) is 0.571. The minimum atomic E-state index is -0.226. The number of hydrogen-bond donors (Lipinski definition) is 1. The first-order chi connectivity index (χ1) is 9.63. The lowest BCUT2D eigenvalue weighted by molar-refractivity contribution is -0.119. The summed E-state index contributed by atoms with van der Waals surface area (Å²) in [4.78, 5) is 33.4. The van der Waals surface area contributed by atoms with Crippen LogP contribution in [0.15, 0.2) is 6.20 Å². The Balaban J connectivity index is 1.67. The number of piperidine rings is 1. The number of hydrogen-bond acceptors (Lipinski definition) is 5. The van der Waals surface area contributed by atoms with Gasteiger partial charge in [-0.15, -0.1) is 0 Å². The Bertz CT molecular complexity index is 550. The number of carbonyl (C=O) groups excluding carboxylic acids is 2. The van der Waals surface area contributed by atoms with Gasteiger partial charge in [0.1, 0.15) is 0 Å². The van der Waals surface area contributed by atoms with Crippen molar-refractivity contribution < 1.29 is 9.59 Å². The molecule has 1 fully saturated rings. The Morgan fingerprint density at radius 3 is 2.80 bits per heavy atom. The maximum absolute atomic E-state index is 11.6. The van der Waals surface area contributed by atoms with Gasteiger partial charge < -0.3 is 10.6 Å².